The summed E-state index contributed by atoms with van der Waals surface area (Å²) < 4.78 is 0. The van der Waals surface area contributed by atoms with Gasteiger partial charge in [-0.1, -0.05) is 90.0 Å². The normalized spacial score (nSPS) is 22.2. The Morgan fingerprint density at radius 3 is 1.08 bits per heavy atom. The monoisotopic (exact) mass is 366 g/mol. The molecular formula is C26H54. The summed E-state index contributed by atoms with van der Waals surface area (Å²) in [5.74, 6) is 8.90. The molecule has 158 valence electrons. The Morgan fingerprint density at radius 1 is 0.385 bits per heavy atom. The largest absolute Gasteiger partial charge is 0.0628 e. The van der Waals surface area contributed by atoms with E-state index in [-0.39, 0.29) is 0 Å². The molecule has 26 heavy (non-hydrogen) atoms. The lowest BCUT2D eigenvalue weighted by atomic mass is 9.64. The molecule has 0 N–H and O–H groups in total. The van der Waals surface area contributed by atoms with Crippen LogP contribution in [0.1, 0.15) is 103 Å². The van der Waals surface area contributed by atoms with Gasteiger partial charge in [0, 0.05) is 0 Å². The fourth-order valence-corrected chi connectivity index (χ4v) is 5.34. The zero-order valence-corrected chi connectivity index (χ0v) is 20.8. The van der Waals surface area contributed by atoms with Gasteiger partial charge in [-0.05, 0) is 77.9 Å². The highest BCUT2D eigenvalue weighted by atomic mass is 14.4. The summed E-state index contributed by atoms with van der Waals surface area (Å²) in [6.07, 6.45) is 2.76. The van der Waals surface area contributed by atoms with Crippen LogP contribution in [-0.4, -0.2) is 0 Å². The topological polar surface area (TPSA) is 0 Å². The van der Waals surface area contributed by atoms with E-state index in [4.69, 9.17) is 0 Å². The third-order valence-corrected chi connectivity index (χ3v) is 8.19. The molecule has 0 aliphatic rings. The van der Waals surface area contributed by atoms with E-state index in [2.05, 4.69) is 90.0 Å². The highest BCUT2D eigenvalue weighted by Gasteiger charge is 2.35. The molecule has 0 saturated carbocycles. The maximum atomic E-state index is 2.56. The van der Waals surface area contributed by atoms with Crippen LogP contribution in [0, 0.1) is 65.1 Å². The van der Waals surface area contributed by atoms with E-state index in [1.807, 2.05) is 0 Å². The Morgan fingerprint density at radius 2 is 0.731 bits per heavy atom. The predicted molar refractivity (Wildman–Crippen MR) is 121 cm³/mol. The second-order valence-electron chi connectivity index (χ2n) is 11.3. The van der Waals surface area contributed by atoms with Gasteiger partial charge in [0.2, 0.25) is 0 Å². The van der Waals surface area contributed by atoms with Crippen LogP contribution in [0.3, 0.4) is 0 Å². The van der Waals surface area contributed by atoms with Crippen molar-refractivity contribution < 1.29 is 0 Å². The summed E-state index contributed by atoms with van der Waals surface area (Å²) in [6.45, 7) is 32.0. The van der Waals surface area contributed by atoms with Gasteiger partial charge in [-0.15, -0.1) is 0 Å². The zero-order chi connectivity index (χ0) is 20.8. The fraction of sp³-hybridized carbons (Fsp3) is 1.00. The van der Waals surface area contributed by atoms with Crippen LogP contribution in [-0.2, 0) is 0 Å². The Labute approximate surface area is 168 Å². The van der Waals surface area contributed by atoms with Gasteiger partial charge in [-0.2, -0.15) is 0 Å². The number of hydrogen-bond donors (Lipinski definition) is 0. The lowest BCUT2D eigenvalue weighted by molar-refractivity contribution is 0.0751. The van der Waals surface area contributed by atoms with Crippen LogP contribution < -0.4 is 0 Å². The lowest BCUT2D eigenvalue weighted by Crippen LogP contribution is -2.34. The van der Waals surface area contributed by atoms with Crippen molar-refractivity contribution in [2.45, 2.75) is 103 Å². The van der Waals surface area contributed by atoms with Crippen LogP contribution >= 0.6 is 0 Å². The first kappa shape index (κ1) is 26.0. The molecule has 0 saturated heterocycles. The van der Waals surface area contributed by atoms with Gasteiger partial charge in [0.25, 0.3) is 0 Å². The first-order valence-corrected chi connectivity index (χ1v) is 11.8. The standard InChI is InChI=1S/C26H54/c1-16(2)14-19(7)26(15-17(3)4)25(13)24(12)23(11)22(10)21(9)20(8)18(5)6/h16-26H,14-15H2,1-13H3. The SMILES string of the molecule is CC(C)CC(C)C(CC(C)C)C(C)C(C)C(C)C(C)C(C)C(C)C(C)C. The van der Waals surface area contributed by atoms with Gasteiger partial charge >= 0.3 is 0 Å². The van der Waals surface area contributed by atoms with Crippen LogP contribution in [0.5, 0.6) is 0 Å². The third kappa shape index (κ3) is 7.93. The van der Waals surface area contributed by atoms with Crippen molar-refractivity contribution in [3.05, 3.63) is 0 Å². The molecule has 0 nitrogen and oxygen atoms in total. The summed E-state index contributed by atoms with van der Waals surface area (Å²) >= 11 is 0. The molecule has 0 aromatic rings. The van der Waals surface area contributed by atoms with Crippen LogP contribution in [0.4, 0.5) is 0 Å². The minimum absolute atomic E-state index is 0.784. The first-order chi connectivity index (χ1) is 11.8. The third-order valence-electron chi connectivity index (χ3n) is 8.19. The van der Waals surface area contributed by atoms with E-state index in [1.165, 1.54) is 12.8 Å². The smallest absolute Gasteiger partial charge is 0.0358 e. The maximum Gasteiger partial charge on any atom is -0.0358 e. The van der Waals surface area contributed by atoms with Gasteiger partial charge in [0.1, 0.15) is 0 Å². The Balaban J connectivity index is 5.21. The van der Waals surface area contributed by atoms with E-state index in [0.717, 1.165) is 65.1 Å². The first-order valence-electron chi connectivity index (χ1n) is 11.8. The number of rotatable bonds is 12. The van der Waals surface area contributed by atoms with Crippen molar-refractivity contribution in [3.63, 3.8) is 0 Å². The van der Waals surface area contributed by atoms with E-state index >= 15 is 0 Å². The van der Waals surface area contributed by atoms with Crippen molar-refractivity contribution in [1.82, 2.24) is 0 Å². The van der Waals surface area contributed by atoms with Gasteiger partial charge in [0.05, 0.1) is 0 Å². The van der Waals surface area contributed by atoms with Crippen LogP contribution in [0.15, 0.2) is 0 Å². The summed E-state index contributed by atoms with van der Waals surface area (Å²) in [4.78, 5) is 0. The molecule has 0 heteroatoms. The summed E-state index contributed by atoms with van der Waals surface area (Å²) in [7, 11) is 0. The molecule has 0 rings (SSSR count). The average Bonchev–Trinajstić information content (AvgIpc) is 2.54. The molecule has 0 aliphatic heterocycles. The van der Waals surface area contributed by atoms with Gasteiger partial charge in [0.15, 0.2) is 0 Å². The van der Waals surface area contributed by atoms with E-state index in [0.29, 0.717) is 0 Å². The quantitative estimate of drug-likeness (QED) is 0.323. The van der Waals surface area contributed by atoms with Crippen LogP contribution in [0.25, 0.3) is 0 Å². The van der Waals surface area contributed by atoms with Crippen molar-refractivity contribution in [2.24, 2.45) is 65.1 Å². The van der Waals surface area contributed by atoms with Crippen molar-refractivity contribution in [2.75, 3.05) is 0 Å². The summed E-state index contributed by atoms with van der Waals surface area (Å²) in [5, 5.41) is 0. The second-order valence-corrected chi connectivity index (χ2v) is 11.3. The highest BCUT2D eigenvalue weighted by Crippen LogP contribution is 2.42. The minimum atomic E-state index is 0.784. The second kappa shape index (κ2) is 11.8. The molecule has 0 aromatic carbocycles. The van der Waals surface area contributed by atoms with E-state index < -0.39 is 0 Å². The zero-order valence-electron chi connectivity index (χ0n) is 20.8. The number of hydrogen-bond acceptors (Lipinski definition) is 0. The van der Waals surface area contributed by atoms with Gasteiger partial charge < -0.3 is 0 Å². The molecule has 8 unspecified atom stereocenters. The van der Waals surface area contributed by atoms with Crippen molar-refractivity contribution in [3.8, 4) is 0 Å². The van der Waals surface area contributed by atoms with E-state index in [9.17, 15) is 0 Å². The summed E-state index contributed by atoms with van der Waals surface area (Å²) in [5.41, 5.74) is 0. The Bertz CT molecular complexity index is 353. The molecule has 0 aliphatic carbocycles. The van der Waals surface area contributed by atoms with Gasteiger partial charge in [-0.25, -0.2) is 0 Å². The fourth-order valence-electron chi connectivity index (χ4n) is 5.34. The molecule has 0 radical (unpaired) electrons. The molecule has 8 atom stereocenters. The van der Waals surface area contributed by atoms with E-state index in [1.54, 1.807) is 0 Å². The predicted octanol–water partition coefficient (Wildman–Crippen LogP) is 8.80. The molecule has 0 spiro atoms. The molecule has 0 heterocycles. The molecular weight excluding hydrogens is 312 g/mol. The van der Waals surface area contributed by atoms with Crippen LogP contribution in [0.2, 0.25) is 0 Å². The maximum absolute atomic E-state index is 2.56. The van der Waals surface area contributed by atoms with Crippen molar-refractivity contribution in [1.29, 1.82) is 0 Å². The molecule has 0 aromatic heterocycles. The lowest BCUT2D eigenvalue weighted by Gasteiger charge is -2.41. The molecule has 0 bridgehead atoms. The Hall–Kier alpha value is 0. The minimum Gasteiger partial charge on any atom is -0.0628 e. The van der Waals surface area contributed by atoms with Gasteiger partial charge in [-0.3, -0.25) is 0 Å². The highest BCUT2D eigenvalue weighted by molar-refractivity contribution is 4.83. The average molecular weight is 367 g/mol. The molecule has 0 fully saturated rings. The Kier molecular flexibility index (Phi) is 11.8. The molecule has 0 amide bonds. The van der Waals surface area contributed by atoms with Crippen molar-refractivity contribution >= 4 is 0 Å². The summed E-state index contributed by atoms with van der Waals surface area (Å²) in [6, 6.07) is 0.